The molecule has 2 saturated heterocycles. The van der Waals surface area contributed by atoms with Crippen LogP contribution in [0.25, 0.3) is 22.3 Å². The number of ether oxygens (including phenoxy) is 3. The lowest BCUT2D eigenvalue weighted by Gasteiger charge is -2.33. The molecule has 0 unspecified atom stereocenters. The first-order valence-corrected chi connectivity index (χ1v) is 29.0. The number of hydrogen-bond acceptors (Lipinski definition) is 24. The van der Waals surface area contributed by atoms with Crippen LogP contribution in [0.2, 0.25) is 0 Å². The normalized spacial score (nSPS) is 14.9. The predicted molar refractivity (Wildman–Crippen MR) is 311 cm³/mol. The smallest absolute Gasteiger partial charge is 0.424 e. The molecular formula is C48H66Br2N18O7S3. The van der Waals surface area contributed by atoms with Crippen LogP contribution in [0.1, 0.15) is 78.6 Å². The Kier molecular flexibility index (Phi) is 23.7. The number of carbonyl (C=O) groups excluding carboxylic acids is 1. The molecule has 0 bridgehead atoms. The zero-order chi connectivity index (χ0) is 56.2. The minimum absolute atomic E-state index is 0.0359. The van der Waals surface area contributed by atoms with E-state index in [1.807, 2.05) is 54.3 Å². The molecule has 3 aliphatic rings. The Bertz CT molecular complexity index is 2950. The Morgan fingerprint density at radius 1 is 0.756 bits per heavy atom. The number of likely N-dealkylation sites (tertiary alicyclic amines) is 1. The summed E-state index contributed by atoms with van der Waals surface area (Å²) in [6, 6.07) is 0. The SMILES string of the molecule is CC(C)(C)OC(=O)N1CCC(Oc2ncc(Br)s2)CC1.CNc1nc(N)ncc1-c1cnn(C)c1.CNc1nc(Nc2cnc(OC3CCNCC3)s2)ncc1-c1cnn(C)c1.O=[N+]([O-])c1ncc(Br)s1.OC1CCCCC1. The van der Waals surface area contributed by atoms with Crippen molar-refractivity contribution in [3.63, 3.8) is 0 Å². The van der Waals surface area contributed by atoms with Gasteiger partial charge in [0.1, 0.15) is 38.2 Å². The second kappa shape index (κ2) is 30.3. The number of aliphatic hydroxyl groups is 1. The van der Waals surface area contributed by atoms with Crippen LogP contribution in [0.15, 0.2) is 63.3 Å². The summed E-state index contributed by atoms with van der Waals surface area (Å²) in [5, 5.41) is 41.9. The molecule has 422 valence electrons. The van der Waals surface area contributed by atoms with E-state index in [1.165, 1.54) is 48.1 Å². The Labute approximate surface area is 481 Å². The quantitative estimate of drug-likeness (QED) is 0.0518. The highest BCUT2D eigenvalue weighted by Gasteiger charge is 2.28. The molecule has 1 aliphatic carbocycles. The van der Waals surface area contributed by atoms with Gasteiger partial charge in [0.25, 0.3) is 10.4 Å². The van der Waals surface area contributed by atoms with E-state index in [-0.39, 0.29) is 35.5 Å². The van der Waals surface area contributed by atoms with Crippen molar-refractivity contribution in [1.82, 2.24) is 64.7 Å². The van der Waals surface area contributed by atoms with Gasteiger partial charge in [-0.2, -0.15) is 20.2 Å². The highest BCUT2D eigenvalue weighted by molar-refractivity contribution is 9.11. The molecule has 0 radical (unpaired) electrons. The van der Waals surface area contributed by atoms with Gasteiger partial charge in [-0.05, 0) is 113 Å². The molecule has 7 aromatic heterocycles. The van der Waals surface area contributed by atoms with Gasteiger partial charge >= 0.3 is 11.2 Å². The number of halogens is 2. The summed E-state index contributed by atoms with van der Waals surface area (Å²) in [4.78, 5) is 52.1. The van der Waals surface area contributed by atoms with E-state index in [4.69, 9.17) is 25.1 Å². The number of carbonyl (C=O) groups is 1. The van der Waals surface area contributed by atoms with E-state index in [0.29, 0.717) is 39.0 Å². The fourth-order valence-electron chi connectivity index (χ4n) is 7.63. The van der Waals surface area contributed by atoms with Gasteiger partial charge in [-0.25, -0.2) is 24.7 Å². The van der Waals surface area contributed by atoms with E-state index in [0.717, 1.165) is 99.8 Å². The molecule has 78 heavy (non-hydrogen) atoms. The van der Waals surface area contributed by atoms with Gasteiger partial charge < -0.3 is 61.3 Å². The molecule has 1 saturated carbocycles. The Morgan fingerprint density at radius 3 is 1.79 bits per heavy atom. The second-order valence-corrected chi connectivity index (χ2v) is 24.4. The fraction of sp³-hybridized carbons (Fsp3) is 0.500. The van der Waals surface area contributed by atoms with E-state index >= 15 is 0 Å². The third kappa shape index (κ3) is 20.2. The molecule has 1 amide bonds. The van der Waals surface area contributed by atoms with Gasteiger partial charge in [0.15, 0.2) is 6.20 Å². The summed E-state index contributed by atoms with van der Waals surface area (Å²) in [7, 11) is 7.37. The van der Waals surface area contributed by atoms with E-state index < -0.39 is 10.5 Å². The maximum absolute atomic E-state index is 11.9. The maximum Gasteiger partial charge on any atom is 0.424 e. The first-order chi connectivity index (χ1) is 37.3. The van der Waals surface area contributed by atoms with E-state index in [9.17, 15) is 14.9 Å². The van der Waals surface area contributed by atoms with Crippen molar-refractivity contribution in [2.75, 3.05) is 62.0 Å². The Balaban J connectivity index is 0.000000170. The Morgan fingerprint density at radius 2 is 1.31 bits per heavy atom. The minimum Gasteiger partial charge on any atom is -0.467 e. The van der Waals surface area contributed by atoms with Gasteiger partial charge in [0.05, 0.1) is 34.7 Å². The summed E-state index contributed by atoms with van der Waals surface area (Å²) >= 11 is 10.3. The number of aryl methyl sites for hydroxylation is 2. The number of nitrogens with two attached hydrogens (primary N) is 1. The molecule has 9 heterocycles. The van der Waals surface area contributed by atoms with Crippen LogP contribution in [0.4, 0.5) is 38.5 Å². The molecule has 0 atom stereocenters. The number of nitro groups is 1. The first kappa shape index (κ1) is 61.0. The molecule has 25 nitrogen and oxygen atoms in total. The summed E-state index contributed by atoms with van der Waals surface area (Å²) < 4.78 is 22.2. The second-order valence-electron chi connectivity index (χ2n) is 18.6. The standard InChI is InChI=1S/C17H22N8OS.C13H19BrN2O3S.C9H12N6.C6H12O.C3HBrN2O2S/c1-18-15-13(11-7-22-25(2)10-11)8-20-16(24-15)23-14-9-21-17(27-14)26-12-3-5-19-6-4-12;1-13(2,3)19-12(17)16-6-4-9(5-7-16)18-11-15-8-10(14)20-11;1-11-8-7(4-12-9(10)14-8)6-3-13-15(2)5-6;7-6-4-2-1-3-5-6;4-2-1-5-3(9-2)6(7)8/h7-10,12,19H,3-6H2,1-2H3,(H2,18,20,23,24);8-9H,4-7H2,1-3H3;3-5H,1-2H3,(H3,10,11,12,14);6-7H,1-5H2;1H. The van der Waals surface area contributed by atoms with Crippen LogP contribution in [0.5, 0.6) is 10.4 Å². The lowest BCUT2D eigenvalue weighted by Crippen LogP contribution is -2.44. The average molecular weight is 1260 g/mol. The number of aromatic nitrogens is 11. The molecule has 0 spiro atoms. The van der Waals surface area contributed by atoms with Crippen LogP contribution >= 0.6 is 65.9 Å². The number of nitrogen functional groups attached to an aromatic ring is 1. The zero-order valence-electron chi connectivity index (χ0n) is 44.4. The van der Waals surface area contributed by atoms with Crippen molar-refractivity contribution in [2.45, 2.75) is 102 Å². The van der Waals surface area contributed by atoms with Crippen LogP contribution < -0.4 is 36.5 Å². The van der Waals surface area contributed by atoms with Crippen molar-refractivity contribution < 1.29 is 29.0 Å². The molecule has 2 aliphatic heterocycles. The van der Waals surface area contributed by atoms with Gasteiger partial charge in [-0.3, -0.25) is 9.36 Å². The highest BCUT2D eigenvalue weighted by atomic mass is 79.9. The monoisotopic (exact) mass is 1260 g/mol. The van der Waals surface area contributed by atoms with Crippen LogP contribution in [-0.4, -0.2) is 140 Å². The lowest BCUT2D eigenvalue weighted by molar-refractivity contribution is -0.384. The van der Waals surface area contributed by atoms with Crippen LogP contribution in [0.3, 0.4) is 0 Å². The van der Waals surface area contributed by atoms with Gasteiger partial charge in [0.2, 0.25) is 11.9 Å². The van der Waals surface area contributed by atoms with Crippen LogP contribution in [-0.2, 0) is 18.8 Å². The molecule has 3 fully saturated rings. The molecule has 30 heteroatoms. The molecule has 7 aromatic rings. The molecule has 7 N–H and O–H groups in total. The molecular weight excluding hydrogens is 1200 g/mol. The first-order valence-electron chi connectivity index (χ1n) is 25.0. The fourth-order valence-corrected chi connectivity index (χ4v) is 10.4. The van der Waals surface area contributed by atoms with Gasteiger partial charge in [-0.15, -0.1) is 0 Å². The van der Waals surface area contributed by atoms with Crippen LogP contribution in [0, 0.1) is 10.1 Å². The van der Waals surface area contributed by atoms with Crippen molar-refractivity contribution in [3.8, 4) is 32.6 Å². The minimum atomic E-state index is -0.518. The number of nitrogens with one attached hydrogen (secondary N) is 4. The summed E-state index contributed by atoms with van der Waals surface area (Å²) in [6.07, 6.45) is 25.4. The number of anilines is 5. The van der Waals surface area contributed by atoms with Gasteiger partial charge in [0, 0.05) is 101 Å². The summed E-state index contributed by atoms with van der Waals surface area (Å²) in [6.45, 7) is 8.93. The predicted octanol–water partition coefficient (Wildman–Crippen LogP) is 9.56. The van der Waals surface area contributed by atoms with E-state index in [1.54, 1.807) is 58.5 Å². The zero-order valence-corrected chi connectivity index (χ0v) is 50.0. The summed E-state index contributed by atoms with van der Waals surface area (Å²) in [5.41, 5.74) is 8.77. The maximum atomic E-state index is 11.9. The number of hydrogen-bond donors (Lipinski definition) is 6. The third-order valence-electron chi connectivity index (χ3n) is 11.4. The number of nitrogens with zero attached hydrogens (tertiary/aromatic N) is 13. The largest absolute Gasteiger partial charge is 0.467 e. The average Bonchev–Trinajstić information content (AvgIpc) is 4.30. The summed E-state index contributed by atoms with van der Waals surface area (Å²) in [5.74, 6) is 2.20. The topological polar surface area (TPSA) is 311 Å². The number of aliphatic hydroxyl groups excluding tert-OH is 1. The lowest BCUT2D eigenvalue weighted by atomic mass is 9.98. The van der Waals surface area contributed by atoms with E-state index in [2.05, 4.69) is 98.2 Å². The number of thiazole rings is 3. The number of amides is 1. The van der Waals surface area contributed by atoms with Crippen molar-refractivity contribution in [1.29, 1.82) is 0 Å². The number of rotatable bonds is 11. The number of piperidine rings is 2. The molecule has 10 rings (SSSR count). The van der Waals surface area contributed by atoms with Crippen molar-refractivity contribution >= 4 is 106 Å². The van der Waals surface area contributed by atoms with Gasteiger partial charge in [-0.1, -0.05) is 41.9 Å². The van der Waals surface area contributed by atoms with Crippen molar-refractivity contribution in [2.24, 2.45) is 14.1 Å². The highest BCUT2D eigenvalue weighted by Crippen LogP contribution is 2.32. The third-order valence-corrected chi connectivity index (χ3v) is 15.0. The van der Waals surface area contributed by atoms with Crippen molar-refractivity contribution in [3.05, 3.63) is 73.5 Å². The molecule has 0 aromatic carbocycles. The Hall–Kier alpha value is -6.18.